The number of hydrogen-bond acceptors (Lipinski definition) is 4. The van der Waals surface area contributed by atoms with Crippen LogP contribution in [0.2, 0.25) is 0 Å². The van der Waals surface area contributed by atoms with E-state index in [1.807, 2.05) is 11.3 Å². The lowest BCUT2D eigenvalue weighted by molar-refractivity contribution is 0.170. The van der Waals surface area contributed by atoms with Crippen molar-refractivity contribution in [1.82, 2.24) is 14.3 Å². The number of thiophene rings is 1. The van der Waals surface area contributed by atoms with Crippen LogP contribution in [0.1, 0.15) is 41.2 Å². The number of aryl methyl sites for hydroxylation is 1. The average molecular weight is 317 g/mol. The molecule has 5 heteroatoms. The summed E-state index contributed by atoms with van der Waals surface area (Å²) < 4.78 is 2.26. The maximum absolute atomic E-state index is 4.68. The van der Waals surface area contributed by atoms with Gasteiger partial charge in [0, 0.05) is 35.6 Å². The van der Waals surface area contributed by atoms with Crippen LogP contribution in [0.15, 0.2) is 23.0 Å². The third-order valence-electron chi connectivity index (χ3n) is 4.51. The number of thiazole rings is 1. The Morgan fingerprint density at radius 2 is 2.24 bits per heavy atom. The molecule has 3 aromatic rings. The van der Waals surface area contributed by atoms with Gasteiger partial charge in [-0.25, -0.2) is 4.98 Å². The maximum Gasteiger partial charge on any atom is 0.194 e. The molecular formula is C16H19N3S2. The Morgan fingerprint density at radius 1 is 1.33 bits per heavy atom. The van der Waals surface area contributed by atoms with Crippen LogP contribution in [-0.2, 0) is 13.0 Å². The number of hydrogen-bond donors (Lipinski definition) is 0. The zero-order valence-corrected chi connectivity index (χ0v) is 14.0. The highest BCUT2D eigenvalue weighted by Gasteiger charge is 2.28. The van der Waals surface area contributed by atoms with Crippen molar-refractivity contribution in [1.29, 1.82) is 0 Å². The van der Waals surface area contributed by atoms with Crippen molar-refractivity contribution in [3.8, 4) is 0 Å². The molecule has 0 N–H and O–H groups in total. The van der Waals surface area contributed by atoms with E-state index in [9.17, 15) is 0 Å². The molecule has 1 aliphatic rings. The van der Waals surface area contributed by atoms with Crippen LogP contribution >= 0.6 is 22.7 Å². The molecule has 0 unspecified atom stereocenters. The Kier molecular flexibility index (Phi) is 3.36. The van der Waals surface area contributed by atoms with E-state index in [0.29, 0.717) is 6.04 Å². The highest BCUT2D eigenvalue weighted by Crippen LogP contribution is 2.36. The second-order valence-electron chi connectivity index (χ2n) is 5.64. The van der Waals surface area contributed by atoms with E-state index >= 15 is 0 Å². The van der Waals surface area contributed by atoms with Crippen LogP contribution in [0.3, 0.4) is 0 Å². The van der Waals surface area contributed by atoms with Gasteiger partial charge < -0.3 is 0 Å². The molecular weight excluding hydrogens is 298 g/mol. The highest BCUT2D eigenvalue weighted by molar-refractivity contribution is 7.15. The van der Waals surface area contributed by atoms with Gasteiger partial charge in [-0.2, -0.15) is 0 Å². The summed E-state index contributed by atoms with van der Waals surface area (Å²) >= 11 is 3.63. The quantitative estimate of drug-likeness (QED) is 0.719. The first kappa shape index (κ1) is 13.5. The van der Waals surface area contributed by atoms with Crippen LogP contribution in [0, 0.1) is 6.92 Å². The summed E-state index contributed by atoms with van der Waals surface area (Å²) in [4.78, 5) is 10.0. The Balaban J connectivity index is 1.68. The number of fused-ring (bicyclic) bond motifs is 2. The second kappa shape index (κ2) is 5.23. The topological polar surface area (TPSA) is 20.5 Å². The Hall–Kier alpha value is -1.17. The fourth-order valence-corrected chi connectivity index (χ4v) is 5.15. The van der Waals surface area contributed by atoms with Crippen molar-refractivity contribution in [2.24, 2.45) is 0 Å². The first-order chi connectivity index (χ1) is 10.3. The fraction of sp³-hybridized carbons (Fsp3) is 0.438. The summed E-state index contributed by atoms with van der Waals surface area (Å²) in [7, 11) is 0. The van der Waals surface area contributed by atoms with Crippen LogP contribution in [0.4, 0.5) is 0 Å². The molecule has 0 amide bonds. The minimum absolute atomic E-state index is 0.559. The fourth-order valence-electron chi connectivity index (χ4n) is 3.44. The van der Waals surface area contributed by atoms with Crippen molar-refractivity contribution in [2.45, 2.75) is 39.3 Å². The molecule has 1 atom stereocenters. The van der Waals surface area contributed by atoms with Crippen molar-refractivity contribution in [2.75, 3.05) is 6.54 Å². The standard InChI is InChI=1S/C16H19N3S2/c1-3-13-12-5-8-20-15(12)4-6-18(13)10-14-11(2)17-16-19(14)7-9-21-16/h5,7-9,13H,3-4,6,10H2,1-2H3/t13-/m0/s1. The zero-order chi connectivity index (χ0) is 14.4. The van der Waals surface area contributed by atoms with Crippen LogP contribution in [0.25, 0.3) is 4.96 Å². The first-order valence-electron chi connectivity index (χ1n) is 7.49. The Labute approximate surface area is 132 Å². The van der Waals surface area contributed by atoms with Gasteiger partial charge in [0.25, 0.3) is 0 Å². The molecule has 4 rings (SSSR count). The van der Waals surface area contributed by atoms with Crippen LogP contribution in [-0.4, -0.2) is 20.8 Å². The molecule has 0 saturated carbocycles. The van der Waals surface area contributed by atoms with Crippen molar-refractivity contribution in [3.63, 3.8) is 0 Å². The minimum atomic E-state index is 0.559. The first-order valence-corrected chi connectivity index (χ1v) is 9.25. The van der Waals surface area contributed by atoms with Gasteiger partial charge in [0.15, 0.2) is 4.96 Å². The molecule has 0 aliphatic carbocycles. The van der Waals surface area contributed by atoms with Gasteiger partial charge >= 0.3 is 0 Å². The maximum atomic E-state index is 4.68. The predicted octanol–water partition coefficient (Wildman–Crippen LogP) is 4.28. The SMILES string of the molecule is CC[C@H]1c2ccsc2CCN1Cc1c(C)nc2sccn12. The zero-order valence-electron chi connectivity index (χ0n) is 12.4. The number of aromatic nitrogens is 2. The second-order valence-corrected chi connectivity index (χ2v) is 7.52. The largest absolute Gasteiger partial charge is 0.293 e. The van der Waals surface area contributed by atoms with E-state index in [2.05, 4.69) is 51.2 Å². The lowest BCUT2D eigenvalue weighted by atomic mass is 9.97. The summed E-state index contributed by atoms with van der Waals surface area (Å²) in [5.74, 6) is 0. The summed E-state index contributed by atoms with van der Waals surface area (Å²) in [6, 6.07) is 2.88. The van der Waals surface area contributed by atoms with Crippen LogP contribution in [0.5, 0.6) is 0 Å². The Morgan fingerprint density at radius 3 is 3.10 bits per heavy atom. The lowest BCUT2D eigenvalue weighted by Crippen LogP contribution is -2.34. The molecule has 0 bridgehead atoms. The van der Waals surface area contributed by atoms with Crippen LogP contribution < -0.4 is 0 Å². The monoisotopic (exact) mass is 317 g/mol. The summed E-state index contributed by atoms with van der Waals surface area (Å²) in [6.07, 6.45) is 4.51. The molecule has 1 aliphatic heterocycles. The summed E-state index contributed by atoms with van der Waals surface area (Å²) in [5.41, 5.74) is 4.08. The Bertz CT molecular complexity index is 768. The van der Waals surface area contributed by atoms with Gasteiger partial charge in [0.1, 0.15) is 0 Å². The van der Waals surface area contributed by atoms with E-state index in [0.717, 1.165) is 18.1 Å². The smallest absolute Gasteiger partial charge is 0.194 e. The third kappa shape index (κ3) is 2.15. The van der Waals surface area contributed by atoms with Crippen molar-refractivity contribution < 1.29 is 0 Å². The number of imidazole rings is 1. The third-order valence-corrected chi connectivity index (χ3v) is 6.26. The molecule has 3 nitrogen and oxygen atoms in total. The molecule has 0 spiro atoms. The molecule has 0 saturated heterocycles. The van der Waals surface area contributed by atoms with Gasteiger partial charge in [-0.1, -0.05) is 6.92 Å². The predicted molar refractivity (Wildman–Crippen MR) is 89.3 cm³/mol. The molecule has 3 aromatic heterocycles. The van der Waals surface area contributed by atoms with E-state index in [-0.39, 0.29) is 0 Å². The van der Waals surface area contributed by atoms with E-state index in [4.69, 9.17) is 0 Å². The van der Waals surface area contributed by atoms with E-state index in [1.54, 1.807) is 21.8 Å². The summed E-state index contributed by atoms with van der Waals surface area (Å²) in [5, 5.41) is 4.37. The molecule has 0 fully saturated rings. The normalized spacial score (nSPS) is 19.2. The van der Waals surface area contributed by atoms with E-state index < -0.39 is 0 Å². The van der Waals surface area contributed by atoms with E-state index in [1.165, 1.54) is 24.2 Å². The average Bonchev–Trinajstić information content (AvgIpc) is 3.17. The molecule has 0 aromatic carbocycles. The number of nitrogens with zero attached hydrogens (tertiary/aromatic N) is 3. The van der Waals surface area contributed by atoms with Gasteiger partial charge in [0.2, 0.25) is 0 Å². The highest BCUT2D eigenvalue weighted by atomic mass is 32.1. The molecule has 0 radical (unpaired) electrons. The molecule has 4 heterocycles. The van der Waals surface area contributed by atoms with Gasteiger partial charge in [-0.3, -0.25) is 9.30 Å². The number of rotatable bonds is 3. The van der Waals surface area contributed by atoms with Gasteiger partial charge in [-0.05, 0) is 36.8 Å². The lowest BCUT2D eigenvalue weighted by Gasteiger charge is -2.35. The van der Waals surface area contributed by atoms with Crippen molar-refractivity contribution in [3.05, 3.63) is 44.9 Å². The molecule has 21 heavy (non-hydrogen) atoms. The minimum Gasteiger partial charge on any atom is -0.293 e. The van der Waals surface area contributed by atoms with Gasteiger partial charge in [-0.15, -0.1) is 22.7 Å². The van der Waals surface area contributed by atoms with Crippen molar-refractivity contribution >= 4 is 27.6 Å². The summed E-state index contributed by atoms with van der Waals surface area (Å²) in [6.45, 7) is 6.59. The molecule has 110 valence electrons. The van der Waals surface area contributed by atoms with Gasteiger partial charge in [0.05, 0.1) is 11.4 Å².